The van der Waals surface area contributed by atoms with Crippen molar-refractivity contribution in [2.75, 3.05) is 39.4 Å². The molecule has 0 aromatic heterocycles. The summed E-state index contributed by atoms with van der Waals surface area (Å²) in [6.07, 6.45) is 1.10. The second-order valence-electron chi connectivity index (χ2n) is 4.40. The quantitative estimate of drug-likeness (QED) is 0.806. The number of rotatable bonds is 5. The molecule has 1 aromatic carbocycles. The highest BCUT2D eigenvalue weighted by Crippen LogP contribution is 2.10. The van der Waals surface area contributed by atoms with Crippen LogP contribution in [0.4, 0.5) is 0 Å². The summed E-state index contributed by atoms with van der Waals surface area (Å²) in [5.74, 6) is 0. The summed E-state index contributed by atoms with van der Waals surface area (Å²) in [5.41, 5.74) is 1.39. The van der Waals surface area contributed by atoms with E-state index in [-0.39, 0.29) is 0 Å². The van der Waals surface area contributed by atoms with Gasteiger partial charge >= 0.3 is 0 Å². The lowest BCUT2D eigenvalue weighted by Crippen LogP contribution is -2.47. The molecule has 1 aromatic rings. The first-order valence-electron chi connectivity index (χ1n) is 6.23. The third-order valence-electron chi connectivity index (χ3n) is 3.05. The molecule has 1 heterocycles. The predicted octanol–water partition coefficient (Wildman–Crippen LogP) is 1.44. The van der Waals surface area contributed by atoms with Crippen LogP contribution in [0.2, 0.25) is 0 Å². The Morgan fingerprint density at radius 3 is 2.59 bits per heavy atom. The fourth-order valence-electron chi connectivity index (χ4n) is 1.99. The number of halogens is 1. The minimum atomic E-state index is 1.01. The molecule has 3 nitrogen and oxygen atoms in total. The Morgan fingerprint density at radius 1 is 1.18 bits per heavy atom. The van der Waals surface area contributed by atoms with Crippen molar-refractivity contribution in [3.8, 4) is 0 Å². The van der Waals surface area contributed by atoms with Gasteiger partial charge in [0.15, 0.2) is 0 Å². The summed E-state index contributed by atoms with van der Waals surface area (Å²) >= 11 is 3.45. The van der Waals surface area contributed by atoms with Crippen molar-refractivity contribution < 1.29 is 0 Å². The van der Waals surface area contributed by atoms with Crippen LogP contribution in [0.15, 0.2) is 28.7 Å². The maximum atomic E-state index is 3.50. The van der Waals surface area contributed by atoms with Gasteiger partial charge in [-0.05, 0) is 24.1 Å². The van der Waals surface area contributed by atoms with E-state index in [1.165, 1.54) is 5.56 Å². The van der Waals surface area contributed by atoms with Crippen LogP contribution < -0.4 is 10.6 Å². The molecule has 17 heavy (non-hydrogen) atoms. The van der Waals surface area contributed by atoms with Crippen molar-refractivity contribution in [3.63, 3.8) is 0 Å². The van der Waals surface area contributed by atoms with Gasteiger partial charge in [0.25, 0.3) is 0 Å². The van der Waals surface area contributed by atoms with Gasteiger partial charge in [0.05, 0.1) is 0 Å². The van der Waals surface area contributed by atoms with Crippen molar-refractivity contribution in [1.29, 1.82) is 0 Å². The molecule has 0 atom stereocenters. The van der Waals surface area contributed by atoms with E-state index in [2.05, 4.69) is 55.7 Å². The third kappa shape index (κ3) is 4.76. The average Bonchev–Trinajstić information content (AvgIpc) is 2.38. The van der Waals surface area contributed by atoms with E-state index < -0.39 is 0 Å². The van der Waals surface area contributed by atoms with Crippen molar-refractivity contribution in [2.45, 2.75) is 6.42 Å². The molecule has 0 saturated carbocycles. The van der Waals surface area contributed by atoms with Gasteiger partial charge in [-0.15, -0.1) is 0 Å². The van der Waals surface area contributed by atoms with Crippen molar-refractivity contribution in [1.82, 2.24) is 15.5 Å². The Kier molecular flexibility index (Phi) is 5.45. The second kappa shape index (κ2) is 7.11. The Morgan fingerprint density at radius 2 is 1.88 bits per heavy atom. The lowest BCUT2D eigenvalue weighted by atomic mass is 10.1. The Balaban J connectivity index is 1.60. The van der Waals surface area contributed by atoms with E-state index in [9.17, 15) is 0 Å². The summed E-state index contributed by atoms with van der Waals surface area (Å²) < 4.78 is 1.15. The van der Waals surface area contributed by atoms with E-state index in [1.807, 2.05) is 0 Å². The van der Waals surface area contributed by atoms with Crippen LogP contribution in [-0.4, -0.2) is 44.3 Å². The standard InChI is InChI=1S/C13H20BrN3/c14-13-3-1-12(2-4-13)5-6-16-11-17-9-7-15-8-10-17/h1-4,15-16H,5-11H2. The summed E-state index contributed by atoms with van der Waals surface area (Å²) in [6, 6.07) is 8.56. The summed E-state index contributed by atoms with van der Waals surface area (Å²) in [4.78, 5) is 2.46. The Bertz CT molecular complexity index is 320. The lowest BCUT2D eigenvalue weighted by Gasteiger charge is -2.27. The minimum absolute atomic E-state index is 1.01. The summed E-state index contributed by atoms with van der Waals surface area (Å²) in [5, 5.41) is 6.87. The van der Waals surface area contributed by atoms with Crippen LogP contribution >= 0.6 is 15.9 Å². The highest BCUT2D eigenvalue weighted by Gasteiger charge is 2.07. The molecule has 4 heteroatoms. The summed E-state index contributed by atoms with van der Waals surface area (Å²) in [7, 11) is 0. The second-order valence-corrected chi connectivity index (χ2v) is 5.32. The van der Waals surface area contributed by atoms with Crippen LogP contribution in [0.5, 0.6) is 0 Å². The number of benzene rings is 1. The SMILES string of the molecule is Brc1ccc(CCNCN2CCNCC2)cc1. The average molecular weight is 298 g/mol. The van der Waals surface area contributed by atoms with Gasteiger partial charge in [0, 0.05) is 43.9 Å². The normalized spacial score (nSPS) is 17.2. The molecule has 0 amide bonds. The van der Waals surface area contributed by atoms with Gasteiger partial charge in [-0.1, -0.05) is 28.1 Å². The lowest BCUT2D eigenvalue weighted by molar-refractivity contribution is 0.224. The fraction of sp³-hybridized carbons (Fsp3) is 0.538. The van der Waals surface area contributed by atoms with E-state index >= 15 is 0 Å². The number of nitrogens with one attached hydrogen (secondary N) is 2. The maximum Gasteiger partial charge on any atom is 0.0481 e. The predicted molar refractivity (Wildman–Crippen MR) is 75.2 cm³/mol. The molecular formula is C13H20BrN3. The highest BCUT2D eigenvalue weighted by atomic mass is 79.9. The zero-order chi connectivity index (χ0) is 11.9. The first-order valence-corrected chi connectivity index (χ1v) is 7.02. The molecule has 1 aliphatic heterocycles. The van der Waals surface area contributed by atoms with Crippen LogP contribution in [0.3, 0.4) is 0 Å². The molecule has 0 unspecified atom stereocenters. The molecule has 0 aliphatic carbocycles. The van der Waals surface area contributed by atoms with Crippen molar-refractivity contribution in [2.24, 2.45) is 0 Å². The van der Waals surface area contributed by atoms with E-state index in [0.717, 1.165) is 50.3 Å². The number of nitrogens with zero attached hydrogens (tertiary/aromatic N) is 1. The number of hydrogen-bond acceptors (Lipinski definition) is 3. The zero-order valence-corrected chi connectivity index (χ0v) is 11.7. The molecule has 0 spiro atoms. The van der Waals surface area contributed by atoms with E-state index in [4.69, 9.17) is 0 Å². The first kappa shape index (κ1) is 13.0. The number of hydrogen-bond donors (Lipinski definition) is 2. The molecule has 94 valence electrons. The van der Waals surface area contributed by atoms with Crippen LogP contribution in [0, 0.1) is 0 Å². The minimum Gasteiger partial charge on any atom is -0.314 e. The largest absolute Gasteiger partial charge is 0.314 e. The monoisotopic (exact) mass is 297 g/mol. The highest BCUT2D eigenvalue weighted by molar-refractivity contribution is 9.10. The molecule has 1 saturated heterocycles. The Hall–Kier alpha value is -0.420. The van der Waals surface area contributed by atoms with Gasteiger partial charge in [-0.25, -0.2) is 0 Å². The maximum absolute atomic E-state index is 3.50. The molecule has 2 rings (SSSR count). The van der Waals surface area contributed by atoms with Crippen molar-refractivity contribution in [3.05, 3.63) is 34.3 Å². The van der Waals surface area contributed by atoms with Gasteiger partial charge < -0.3 is 10.6 Å². The zero-order valence-electron chi connectivity index (χ0n) is 10.1. The van der Waals surface area contributed by atoms with E-state index in [1.54, 1.807) is 0 Å². The van der Waals surface area contributed by atoms with Crippen LogP contribution in [0.1, 0.15) is 5.56 Å². The van der Waals surface area contributed by atoms with Crippen LogP contribution in [0.25, 0.3) is 0 Å². The van der Waals surface area contributed by atoms with Crippen LogP contribution in [-0.2, 0) is 6.42 Å². The van der Waals surface area contributed by atoms with Gasteiger partial charge in [-0.2, -0.15) is 0 Å². The summed E-state index contributed by atoms with van der Waals surface area (Å²) in [6.45, 7) is 6.61. The molecule has 0 radical (unpaired) electrons. The Labute approximate surface area is 112 Å². The fourth-order valence-corrected chi connectivity index (χ4v) is 2.25. The van der Waals surface area contributed by atoms with Gasteiger partial charge in [-0.3, -0.25) is 4.90 Å². The smallest absolute Gasteiger partial charge is 0.0481 e. The molecule has 1 fully saturated rings. The molecule has 1 aliphatic rings. The van der Waals surface area contributed by atoms with Gasteiger partial charge in [0.1, 0.15) is 0 Å². The molecular weight excluding hydrogens is 278 g/mol. The third-order valence-corrected chi connectivity index (χ3v) is 3.58. The number of piperazine rings is 1. The first-order chi connectivity index (χ1) is 8.34. The van der Waals surface area contributed by atoms with E-state index in [0.29, 0.717) is 0 Å². The van der Waals surface area contributed by atoms with Gasteiger partial charge in [0.2, 0.25) is 0 Å². The van der Waals surface area contributed by atoms with Crippen molar-refractivity contribution >= 4 is 15.9 Å². The molecule has 2 N–H and O–H groups in total. The molecule has 0 bridgehead atoms. The topological polar surface area (TPSA) is 27.3 Å².